The summed E-state index contributed by atoms with van der Waals surface area (Å²) in [6.07, 6.45) is 6.78. The van der Waals surface area contributed by atoms with Gasteiger partial charge >= 0.3 is 0 Å². The average Bonchev–Trinajstić information content (AvgIpc) is 2.37. The van der Waals surface area contributed by atoms with Crippen LogP contribution in [0.2, 0.25) is 0 Å². The summed E-state index contributed by atoms with van der Waals surface area (Å²) < 4.78 is 5.66. The minimum atomic E-state index is 0.821. The smallest absolute Gasteiger partial charge is 0.119 e. The molecular formula is C16H24O. The Kier molecular flexibility index (Phi) is 6.46. The van der Waals surface area contributed by atoms with Gasteiger partial charge in [0.15, 0.2) is 0 Å². The molecule has 0 unspecified atom stereocenters. The molecule has 0 aliphatic heterocycles. The maximum absolute atomic E-state index is 5.66. The molecule has 0 atom stereocenters. The van der Waals surface area contributed by atoms with Crippen LogP contribution in [0.1, 0.15) is 52.0 Å². The Morgan fingerprint density at radius 1 is 1.12 bits per heavy atom. The van der Waals surface area contributed by atoms with Gasteiger partial charge in [0.05, 0.1) is 6.61 Å². The summed E-state index contributed by atoms with van der Waals surface area (Å²) in [4.78, 5) is 0. The molecule has 1 aromatic rings. The predicted octanol–water partition coefficient (Wildman–Crippen LogP) is 5.07. The number of allylic oxidation sites excluding steroid dienone is 2. The molecular weight excluding hydrogens is 208 g/mol. The van der Waals surface area contributed by atoms with Crippen LogP contribution in [0.25, 0.3) is 5.57 Å². The van der Waals surface area contributed by atoms with Crippen LogP contribution in [-0.4, -0.2) is 6.61 Å². The molecule has 0 spiro atoms. The number of hydrogen-bond donors (Lipinski definition) is 0. The van der Waals surface area contributed by atoms with Crippen LogP contribution in [0, 0.1) is 0 Å². The van der Waals surface area contributed by atoms with Gasteiger partial charge in [0.2, 0.25) is 0 Å². The van der Waals surface area contributed by atoms with Gasteiger partial charge in [-0.05, 0) is 42.5 Å². The highest BCUT2D eigenvalue weighted by Gasteiger charge is 1.99. The van der Waals surface area contributed by atoms with Gasteiger partial charge in [-0.25, -0.2) is 0 Å². The van der Waals surface area contributed by atoms with Gasteiger partial charge in [0.1, 0.15) is 5.75 Å². The Hall–Kier alpha value is -1.24. The fraction of sp³-hybridized carbons (Fsp3) is 0.500. The number of hydrogen-bond acceptors (Lipinski definition) is 1. The van der Waals surface area contributed by atoms with Crippen molar-refractivity contribution in [2.75, 3.05) is 6.61 Å². The lowest BCUT2D eigenvalue weighted by Gasteiger charge is -2.08. The van der Waals surface area contributed by atoms with Gasteiger partial charge in [0.25, 0.3) is 0 Å². The first-order chi connectivity index (χ1) is 8.31. The Balaban J connectivity index is 2.63. The van der Waals surface area contributed by atoms with Gasteiger partial charge in [0, 0.05) is 0 Å². The SMILES string of the molecule is CCC=C(CC)c1ccc(OCCCC)cc1. The number of ether oxygens (including phenoxy) is 1. The van der Waals surface area contributed by atoms with Crippen molar-refractivity contribution in [1.29, 1.82) is 0 Å². The van der Waals surface area contributed by atoms with Crippen molar-refractivity contribution < 1.29 is 4.74 Å². The Labute approximate surface area is 106 Å². The van der Waals surface area contributed by atoms with Crippen molar-refractivity contribution in [3.8, 4) is 5.75 Å². The highest BCUT2D eigenvalue weighted by Crippen LogP contribution is 2.21. The van der Waals surface area contributed by atoms with Gasteiger partial charge in [-0.15, -0.1) is 0 Å². The lowest BCUT2D eigenvalue weighted by atomic mass is 10.0. The molecule has 0 aliphatic carbocycles. The molecule has 0 saturated heterocycles. The fourth-order valence-corrected chi connectivity index (χ4v) is 1.81. The number of benzene rings is 1. The molecule has 0 saturated carbocycles. The van der Waals surface area contributed by atoms with Crippen LogP contribution in [-0.2, 0) is 0 Å². The number of rotatable bonds is 7. The molecule has 1 nitrogen and oxygen atoms in total. The number of unbranched alkanes of at least 4 members (excludes halogenated alkanes) is 1. The second-order valence-electron chi connectivity index (χ2n) is 4.22. The second-order valence-corrected chi connectivity index (χ2v) is 4.22. The van der Waals surface area contributed by atoms with Gasteiger partial charge in [-0.3, -0.25) is 0 Å². The van der Waals surface area contributed by atoms with Crippen LogP contribution in [0.3, 0.4) is 0 Å². The Morgan fingerprint density at radius 2 is 1.82 bits per heavy atom. The summed E-state index contributed by atoms with van der Waals surface area (Å²) in [6.45, 7) is 7.38. The van der Waals surface area contributed by atoms with Crippen molar-refractivity contribution >= 4 is 5.57 Å². The largest absolute Gasteiger partial charge is 0.494 e. The maximum Gasteiger partial charge on any atom is 0.119 e. The van der Waals surface area contributed by atoms with Crippen molar-refractivity contribution in [2.45, 2.75) is 46.5 Å². The molecule has 0 amide bonds. The minimum absolute atomic E-state index is 0.821. The van der Waals surface area contributed by atoms with Crippen molar-refractivity contribution in [3.05, 3.63) is 35.9 Å². The first-order valence-corrected chi connectivity index (χ1v) is 6.74. The standard InChI is InChI=1S/C16H24O/c1-4-7-13-17-16-11-9-15(10-12-16)14(6-3)8-5-2/h8-12H,4-7,13H2,1-3H3. The van der Waals surface area contributed by atoms with E-state index in [9.17, 15) is 0 Å². The zero-order valence-corrected chi connectivity index (χ0v) is 11.3. The van der Waals surface area contributed by atoms with Gasteiger partial charge in [-0.1, -0.05) is 45.4 Å². The molecule has 0 aromatic heterocycles. The summed E-state index contributed by atoms with van der Waals surface area (Å²) in [5, 5.41) is 0. The Morgan fingerprint density at radius 3 is 2.35 bits per heavy atom. The van der Waals surface area contributed by atoms with E-state index in [4.69, 9.17) is 4.74 Å². The topological polar surface area (TPSA) is 9.23 Å². The van der Waals surface area contributed by atoms with Crippen molar-refractivity contribution in [1.82, 2.24) is 0 Å². The molecule has 1 rings (SSSR count). The van der Waals surface area contributed by atoms with Gasteiger partial charge < -0.3 is 4.74 Å². The molecule has 0 fully saturated rings. The molecule has 0 aliphatic rings. The molecule has 1 heteroatoms. The van der Waals surface area contributed by atoms with Crippen LogP contribution < -0.4 is 4.74 Å². The van der Waals surface area contributed by atoms with Crippen LogP contribution in [0.4, 0.5) is 0 Å². The zero-order valence-electron chi connectivity index (χ0n) is 11.3. The summed E-state index contributed by atoms with van der Waals surface area (Å²) >= 11 is 0. The third kappa shape index (κ3) is 4.64. The van der Waals surface area contributed by atoms with Crippen LogP contribution >= 0.6 is 0 Å². The van der Waals surface area contributed by atoms with Crippen LogP contribution in [0.15, 0.2) is 30.3 Å². The van der Waals surface area contributed by atoms with E-state index < -0.39 is 0 Å². The molecule has 0 heterocycles. The third-order valence-corrected chi connectivity index (χ3v) is 2.82. The normalized spacial score (nSPS) is 11.6. The second kappa shape index (κ2) is 7.94. The summed E-state index contributed by atoms with van der Waals surface area (Å²) in [7, 11) is 0. The maximum atomic E-state index is 5.66. The van der Waals surface area contributed by atoms with Crippen molar-refractivity contribution in [2.24, 2.45) is 0 Å². The first-order valence-electron chi connectivity index (χ1n) is 6.74. The highest BCUT2D eigenvalue weighted by molar-refractivity contribution is 5.65. The molecule has 94 valence electrons. The highest BCUT2D eigenvalue weighted by atomic mass is 16.5. The summed E-state index contributed by atoms with van der Waals surface area (Å²) in [5.74, 6) is 0.981. The molecule has 0 radical (unpaired) electrons. The van der Waals surface area contributed by atoms with E-state index in [-0.39, 0.29) is 0 Å². The summed E-state index contributed by atoms with van der Waals surface area (Å²) in [6, 6.07) is 8.47. The van der Waals surface area contributed by atoms with E-state index >= 15 is 0 Å². The minimum Gasteiger partial charge on any atom is -0.494 e. The van der Waals surface area contributed by atoms with Gasteiger partial charge in [-0.2, -0.15) is 0 Å². The average molecular weight is 232 g/mol. The molecule has 0 N–H and O–H groups in total. The van der Waals surface area contributed by atoms with E-state index in [1.54, 1.807) is 0 Å². The van der Waals surface area contributed by atoms with Crippen LogP contribution in [0.5, 0.6) is 5.75 Å². The van der Waals surface area contributed by atoms with E-state index in [1.165, 1.54) is 17.6 Å². The fourth-order valence-electron chi connectivity index (χ4n) is 1.81. The molecule has 17 heavy (non-hydrogen) atoms. The van der Waals surface area contributed by atoms with Crippen molar-refractivity contribution in [3.63, 3.8) is 0 Å². The first kappa shape index (κ1) is 13.8. The van der Waals surface area contributed by atoms with E-state index in [0.29, 0.717) is 0 Å². The Bertz CT molecular complexity index is 335. The molecule has 0 bridgehead atoms. The van der Waals surface area contributed by atoms with E-state index in [1.807, 2.05) is 0 Å². The predicted molar refractivity (Wildman–Crippen MR) is 75.4 cm³/mol. The third-order valence-electron chi connectivity index (χ3n) is 2.82. The quantitative estimate of drug-likeness (QED) is 0.596. The molecule has 1 aromatic carbocycles. The zero-order chi connectivity index (χ0) is 12.5. The van der Waals surface area contributed by atoms with E-state index in [2.05, 4.69) is 51.1 Å². The summed E-state index contributed by atoms with van der Waals surface area (Å²) in [5.41, 5.74) is 2.74. The van der Waals surface area contributed by atoms with E-state index in [0.717, 1.165) is 31.6 Å². The monoisotopic (exact) mass is 232 g/mol. The lowest BCUT2D eigenvalue weighted by Crippen LogP contribution is -1.96. The lowest BCUT2D eigenvalue weighted by molar-refractivity contribution is 0.309.